The van der Waals surface area contributed by atoms with E-state index in [0.29, 0.717) is 11.1 Å². The minimum atomic E-state index is -0.310. The highest BCUT2D eigenvalue weighted by Gasteiger charge is 2.01. The van der Waals surface area contributed by atoms with Gasteiger partial charge >= 0.3 is 0 Å². The summed E-state index contributed by atoms with van der Waals surface area (Å²) in [5, 5.41) is 0. The fourth-order valence-electron chi connectivity index (χ4n) is 1.57. The second-order valence-electron chi connectivity index (χ2n) is 3.96. The molecule has 0 amide bonds. The molecule has 94 valence electrons. The third kappa shape index (κ3) is 3.51. The second-order valence-corrected chi connectivity index (χ2v) is 3.96. The molecule has 0 saturated carbocycles. The lowest BCUT2D eigenvalue weighted by atomic mass is 10.1. The van der Waals surface area contributed by atoms with Gasteiger partial charge in [-0.2, -0.15) is 0 Å². The molecule has 0 saturated heterocycles. The SMILES string of the molecule is NCC(=O)c1ccc(C#Cc2cccc(F)c2)cc1. The predicted octanol–water partition coefficient (Wildman–Crippen LogP) is 2.37. The van der Waals surface area contributed by atoms with Crippen molar-refractivity contribution < 1.29 is 9.18 Å². The summed E-state index contributed by atoms with van der Waals surface area (Å²) in [5.41, 5.74) is 7.22. The normalized spacial score (nSPS) is 9.58. The number of carbonyl (C=O) groups is 1. The molecule has 3 heteroatoms. The Kier molecular flexibility index (Phi) is 4.07. The van der Waals surface area contributed by atoms with Gasteiger partial charge in [-0.3, -0.25) is 4.79 Å². The molecule has 0 fully saturated rings. The zero-order valence-electron chi connectivity index (χ0n) is 10.2. The van der Waals surface area contributed by atoms with Crippen molar-refractivity contribution in [3.05, 3.63) is 71.0 Å². The molecule has 0 spiro atoms. The second kappa shape index (κ2) is 5.94. The first kappa shape index (κ1) is 13.0. The molecule has 2 rings (SSSR count). The molecule has 2 nitrogen and oxygen atoms in total. The lowest BCUT2D eigenvalue weighted by Gasteiger charge is -1.97. The van der Waals surface area contributed by atoms with Crippen LogP contribution < -0.4 is 5.73 Å². The fraction of sp³-hybridized carbons (Fsp3) is 0.0625. The van der Waals surface area contributed by atoms with Crippen molar-refractivity contribution >= 4 is 5.78 Å². The van der Waals surface area contributed by atoms with Crippen LogP contribution in [0.15, 0.2) is 48.5 Å². The molecule has 2 aromatic rings. The predicted molar refractivity (Wildman–Crippen MR) is 72.2 cm³/mol. The van der Waals surface area contributed by atoms with Crippen molar-refractivity contribution in [2.45, 2.75) is 0 Å². The van der Waals surface area contributed by atoms with Crippen LogP contribution >= 0.6 is 0 Å². The van der Waals surface area contributed by atoms with E-state index in [4.69, 9.17) is 5.73 Å². The smallest absolute Gasteiger partial charge is 0.176 e. The molecule has 0 aromatic heterocycles. The van der Waals surface area contributed by atoms with Crippen LogP contribution in [0.4, 0.5) is 4.39 Å². The zero-order chi connectivity index (χ0) is 13.7. The van der Waals surface area contributed by atoms with Gasteiger partial charge in [-0.05, 0) is 30.3 Å². The summed E-state index contributed by atoms with van der Waals surface area (Å²) in [4.78, 5) is 11.3. The van der Waals surface area contributed by atoms with E-state index in [-0.39, 0.29) is 18.1 Å². The Morgan fingerprint density at radius 3 is 2.37 bits per heavy atom. The maximum absolute atomic E-state index is 13.0. The molecule has 0 atom stereocenters. The summed E-state index contributed by atoms with van der Waals surface area (Å²) in [6, 6.07) is 13.0. The summed E-state index contributed by atoms with van der Waals surface area (Å²) >= 11 is 0. The van der Waals surface area contributed by atoms with Gasteiger partial charge in [0.05, 0.1) is 6.54 Å². The van der Waals surface area contributed by atoms with Gasteiger partial charge < -0.3 is 5.73 Å². The van der Waals surface area contributed by atoms with E-state index in [1.54, 1.807) is 36.4 Å². The molecule has 0 bridgehead atoms. The molecule has 0 radical (unpaired) electrons. The number of rotatable bonds is 2. The van der Waals surface area contributed by atoms with Crippen LogP contribution in [0.25, 0.3) is 0 Å². The minimum absolute atomic E-state index is 0.00564. The molecule has 2 aromatic carbocycles. The van der Waals surface area contributed by atoms with E-state index in [1.807, 2.05) is 0 Å². The van der Waals surface area contributed by atoms with Crippen molar-refractivity contribution in [1.29, 1.82) is 0 Å². The van der Waals surface area contributed by atoms with Gasteiger partial charge in [0, 0.05) is 16.7 Å². The van der Waals surface area contributed by atoms with E-state index in [1.165, 1.54) is 12.1 Å². The van der Waals surface area contributed by atoms with Gasteiger partial charge in [0.15, 0.2) is 5.78 Å². The van der Waals surface area contributed by atoms with Crippen LogP contribution in [0, 0.1) is 17.7 Å². The Morgan fingerprint density at radius 1 is 1.05 bits per heavy atom. The Balaban J connectivity index is 2.19. The molecule has 0 aliphatic rings. The summed E-state index contributed by atoms with van der Waals surface area (Å²) in [6.45, 7) is -0.00564. The topological polar surface area (TPSA) is 43.1 Å². The molecule has 0 aliphatic carbocycles. The van der Waals surface area contributed by atoms with Crippen LogP contribution in [-0.2, 0) is 0 Å². The Bertz CT molecular complexity index is 650. The Labute approximate surface area is 111 Å². The highest BCUT2D eigenvalue weighted by Crippen LogP contribution is 2.05. The van der Waals surface area contributed by atoms with E-state index < -0.39 is 0 Å². The van der Waals surface area contributed by atoms with Gasteiger partial charge in [-0.15, -0.1) is 0 Å². The van der Waals surface area contributed by atoms with Gasteiger partial charge in [0.2, 0.25) is 0 Å². The third-order valence-electron chi connectivity index (χ3n) is 2.57. The number of carbonyl (C=O) groups excluding carboxylic acids is 1. The van der Waals surface area contributed by atoms with E-state index in [0.717, 1.165) is 5.56 Å². The number of hydrogen-bond acceptors (Lipinski definition) is 2. The largest absolute Gasteiger partial charge is 0.324 e. The highest BCUT2D eigenvalue weighted by molar-refractivity contribution is 5.97. The van der Waals surface area contributed by atoms with Gasteiger partial charge in [-0.1, -0.05) is 30.0 Å². The molecule has 2 N–H and O–H groups in total. The average molecular weight is 253 g/mol. The van der Waals surface area contributed by atoms with Crippen molar-refractivity contribution in [1.82, 2.24) is 0 Å². The molecular weight excluding hydrogens is 241 g/mol. The van der Waals surface area contributed by atoms with Crippen LogP contribution in [0.2, 0.25) is 0 Å². The van der Waals surface area contributed by atoms with Crippen molar-refractivity contribution in [2.75, 3.05) is 6.54 Å². The lowest BCUT2D eigenvalue weighted by Crippen LogP contribution is -2.13. The molecule has 0 unspecified atom stereocenters. The van der Waals surface area contributed by atoms with Crippen LogP contribution in [0.1, 0.15) is 21.5 Å². The zero-order valence-corrected chi connectivity index (χ0v) is 10.2. The molecule has 19 heavy (non-hydrogen) atoms. The lowest BCUT2D eigenvalue weighted by molar-refractivity contribution is 0.100. The summed E-state index contributed by atoms with van der Waals surface area (Å²) in [7, 11) is 0. The molecular formula is C16H12FNO. The third-order valence-corrected chi connectivity index (χ3v) is 2.57. The van der Waals surface area contributed by atoms with E-state index >= 15 is 0 Å². The average Bonchev–Trinajstić information content (AvgIpc) is 2.45. The maximum atomic E-state index is 13.0. The number of benzene rings is 2. The van der Waals surface area contributed by atoms with E-state index in [9.17, 15) is 9.18 Å². The quantitative estimate of drug-likeness (QED) is 0.659. The number of ketones is 1. The number of nitrogens with two attached hydrogens (primary N) is 1. The van der Waals surface area contributed by atoms with Crippen molar-refractivity contribution in [3.63, 3.8) is 0 Å². The monoisotopic (exact) mass is 253 g/mol. The van der Waals surface area contributed by atoms with Crippen LogP contribution in [0.3, 0.4) is 0 Å². The number of Topliss-reactive ketones (excluding diaryl/α,β-unsaturated/α-hetero) is 1. The van der Waals surface area contributed by atoms with E-state index in [2.05, 4.69) is 11.8 Å². The van der Waals surface area contributed by atoms with Crippen LogP contribution in [0.5, 0.6) is 0 Å². The summed E-state index contributed by atoms with van der Waals surface area (Å²) < 4.78 is 13.0. The number of halogens is 1. The maximum Gasteiger partial charge on any atom is 0.176 e. The molecule has 0 aliphatic heterocycles. The Hall–Kier alpha value is -2.44. The number of hydrogen-bond donors (Lipinski definition) is 1. The minimum Gasteiger partial charge on any atom is -0.324 e. The standard InChI is InChI=1S/C16H12FNO/c17-15-3-1-2-13(10-15)5-4-12-6-8-14(9-7-12)16(19)11-18/h1-3,6-10H,11,18H2. The van der Waals surface area contributed by atoms with Crippen molar-refractivity contribution in [2.24, 2.45) is 5.73 Å². The Morgan fingerprint density at radius 2 is 1.74 bits per heavy atom. The molecule has 0 heterocycles. The first-order valence-corrected chi connectivity index (χ1v) is 5.80. The first-order valence-electron chi connectivity index (χ1n) is 5.80. The van der Waals surface area contributed by atoms with Gasteiger partial charge in [-0.25, -0.2) is 4.39 Å². The van der Waals surface area contributed by atoms with Gasteiger partial charge in [0.1, 0.15) is 5.82 Å². The van der Waals surface area contributed by atoms with Crippen molar-refractivity contribution in [3.8, 4) is 11.8 Å². The fourth-order valence-corrected chi connectivity index (χ4v) is 1.57. The summed E-state index contributed by atoms with van der Waals surface area (Å²) in [5.74, 6) is 5.36. The van der Waals surface area contributed by atoms with Gasteiger partial charge in [0.25, 0.3) is 0 Å². The first-order chi connectivity index (χ1) is 9.19. The van der Waals surface area contributed by atoms with Crippen LogP contribution in [-0.4, -0.2) is 12.3 Å². The highest BCUT2D eigenvalue weighted by atomic mass is 19.1. The summed E-state index contributed by atoms with van der Waals surface area (Å²) in [6.07, 6.45) is 0.